The minimum absolute atomic E-state index is 0.0510. The van der Waals surface area contributed by atoms with Gasteiger partial charge in [0.2, 0.25) is 5.91 Å². The Hall–Kier alpha value is -0.990. The standard InChI is InChI=1S/C14H17Cl2NO/c1-3-17(14(18)9-8-11(2)15)10-12-6-4-5-7-13(12)16/h4-9,11H,3,10H2,1-2H3. The topological polar surface area (TPSA) is 20.3 Å². The van der Waals surface area contributed by atoms with Crippen molar-refractivity contribution in [3.05, 3.63) is 47.0 Å². The molecule has 0 aliphatic carbocycles. The summed E-state index contributed by atoms with van der Waals surface area (Å²) in [5, 5.41) is 0.534. The van der Waals surface area contributed by atoms with Crippen LogP contribution in [0.25, 0.3) is 0 Å². The number of halogens is 2. The Labute approximate surface area is 118 Å². The van der Waals surface area contributed by atoms with Gasteiger partial charge in [0, 0.05) is 29.6 Å². The van der Waals surface area contributed by atoms with Gasteiger partial charge < -0.3 is 4.90 Å². The van der Waals surface area contributed by atoms with Gasteiger partial charge in [-0.1, -0.05) is 35.9 Å². The maximum atomic E-state index is 11.9. The Kier molecular flexibility index (Phi) is 6.23. The summed E-state index contributed by atoms with van der Waals surface area (Å²) in [4.78, 5) is 13.7. The summed E-state index contributed by atoms with van der Waals surface area (Å²) in [6.45, 7) is 4.89. The van der Waals surface area contributed by atoms with Crippen molar-refractivity contribution < 1.29 is 4.79 Å². The number of hydrogen-bond acceptors (Lipinski definition) is 1. The number of alkyl halides is 1. The Balaban J connectivity index is 2.73. The van der Waals surface area contributed by atoms with Crippen molar-refractivity contribution in [2.24, 2.45) is 0 Å². The van der Waals surface area contributed by atoms with Crippen molar-refractivity contribution in [3.63, 3.8) is 0 Å². The summed E-state index contributed by atoms with van der Waals surface area (Å²) in [5.41, 5.74) is 0.946. The van der Waals surface area contributed by atoms with Crippen LogP contribution in [0.2, 0.25) is 5.02 Å². The largest absolute Gasteiger partial charge is 0.335 e. The molecule has 0 aromatic heterocycles. The van der Waals surface area contributed by atoms with Gasteiger partial charge in [-0.2, -0.15) is 0 Å². The molecule has 1 rings (SSSR count). The summed E-state index contributed by atoms with van der Waals surface area (Å²) < 4.78 is 0. The zero-order valence-corrected chi connectivity index (χ0v) is 12.1. The number of carbonyl (C=O) groups is 1. The van der Waals surface area contributed by atoms with Crippen molar-refractivity contribution in [2.45, 2.75) is 25.8 Å². The van der Waals surface area contributed by atoms with Crippen LogP contribution in [0.5, 0.6) is 0 Å². The lowest BCUT2D eigenvalue weighted by Crippen LogP contribution is -2.28. The van der Waals surface area contributed by atoms with Crippen LogP contribution < -0.4 is 0 Å². The third-order valence-electron chi connectivity index (χ3n) is 2.52. The fraction of sp³-hybridized carbons (Fsp3) is 0.357. The van der Waals surface area contributed by atoms with Crippen molar-refractivity contribution in [2.75, 3.05) is 6.54 Å². The molecule has 4 heteroatoms. The van der Waals surface area contributed by atoms with Crippen LogP contribution in [-0.2, 0) is 11.3 Å². The molecule has 1 atom stereocenters. The molecule has 0 aliphatic rings. The first-order valence-electron chi connectivity index (χ1n) is 5.89. The van der Waals surface area contributed by atoms with Crippen LogP contribution in [0.4, 0.5) is 0 Å². The van der Waals surface area contributed by atoms with Gasteiger partial charge in [0.05, 0.1) is 0 Å². The molecule has 98 valence electrons. The first-order valence-corrected chi connectivity index (χ1v) is 6.70. The molecule has 0 heterocycles. The molecule has 0 spiro atoms. The number of nitrogens with zero attached hydrogens (tertiary/aromatic N) is 1. The SMILES string of the molecule is CCN(Cc1ccccc1Cl)C(=O)C=CC(C)Cl. The fourth-order valence-corrected chi connectivity index (χ4v) is 1.77. The molecule has 1 aromatic rings. The highest BCUT2D eigenvalue weighted by molar-refractivity contribution is 6.31. The first-order chi connectivity index (χ1) is 8.54. The van der Waals surface area contributed by atoms with Crippen LogP contribution in [0, 0.1) is 0 Å². The van der Waals surface area contributed by atoms with Gasteiger partial charge in [-0.25, -0.2) is 0 Å². The third kappa shape index (κ3) is 4.71. The number of hydrogen-bond donors (Lipinski definition) is 0. The molecule has 0 aliphatic heterocycles. The summed E-state index contributed by atoms with van der Waals surface area (Å²) in [6, 6.07) is 7.53. The molecule has 1 amide bonds. The second-order valence-electron chi connectivity index (χ2n) is 3.98. The van der Waals surface area contributed by atoms with E-state index in [1.165, 1.54) is 6.08 Å². The highest BCUT2D eigenvalue weighted by Gasteiger charge is 2.10. The van der Waals surface area contributed by atoms with Gasteiger partial charge in [-0.15, -0.1) is 11.6 Å². The van der Waals surface area contributed by atoms with Crippen LogP contribution in [0.1, 0.15) is 19.4 Å². The molecule has 1 aromatic carbocycles. The molecule has 2 nitrogen and oxygen atoms in total. The third-order valence-corrected chi connectivity index (χ3v) is 3.03. The highest BCUT2D eigenvalue weighted by Crippen LogP contribution is 2.17. The quantitative estimate of drug-likeness (QED) is 0.594. The highest BCUT2D eigenvalue weighted by atomic mass is 35.5. The van der Waals surface area contributed by atoms with Crippen LogP contribution in [-0.4, -0.2) is 22.7 Å². The predicted molar refractivity (Wildman–Crippen MR) is 77.0 cm³/mol. The second kappa shape index (κ2) is 7.45. The zero-order valence-electron chi connectivity index (χ0n) is 10.6. The fourth-order valence-electron chi connectivity index (χ4n) is 1.50. The van der Waals surface area contributed by atoms with Crippen molar-refractivity contribution >= 4 is 29.1 Å². The molecule has 0 saturated carbocycles. The minimum Gasteiger partial charge on any atom is -0.335 e. The van der Waals surface area contributed by atoms with E-state index in [1.807, 2.05) is 38.1 Å². The molecule has 0 saturated heterocycles. The van der Waals surface area contributed by atoms with Crippen LogP contribution >= 0.6 is 23.2 Å². The number of likely N-dealkylation sites (N-methyl/N-ethyl adjacent to an activating group) is 1. The summed E-state index contributed by atoms with van der Waals surface area (Å²) in [5.74, 6) is -0.0510. The molecular weight excluding hydrogens is 269 g/mol. The summed E-state index contributed by atoms with van der Waals surface area (Å²) in [6.07, 6.45) is 3.19. The van der Waals surface area contributed by atoms with E-state index in [1.54, 1.807) is 11.0 Å². The number of benzene rings is 1. The van der Waals surface area contributed by atoms with Crippen molar-refractivity contribution in [1.29, 1.82) is 0 Å². The van der Waals surface area contributed by atoms with Crippen molar-refractivity contribution in [1.82, 2.24) is 4.90 Å². The van der Waals surface area contributed by atoms with Gasteiger partial charge in [-0.05, 0) is 25.5 Å². The molecule has 0 fully saturated rings. The second-order valence-corrected chi connectivity index (χ2v) is 5.08. The Morgan fingerprint density at radius 2 is 2.11 bits per heavy atom. The molecular formula is C14H17Cl2NO. The van der Waals surface area contributed by atoms with Gasteiger partial charge >= 0.3 is 0 Å². The minimum atomic E-state index is -0.145. The van der Waals surface area contributed by atoms with Gasteiger partial charge in [-0.3, -0.25) is 4.79 Å². The normalized spacial score (nSPS) is 12.7. The Bertz CT molecular complexity index is 430. The number of carbonyl (C=O) groups excluding carboxylic acids is 1. The monoisotopic (exact) mass is 285 g/mol. The number of rotatable bonds is 5. The number of allylic oxidation sites excluding steroid dienone is 1. The van der Waals surface area contributed by atoms with Gasteiger partial charge in [0.15, 0.2) is 0 Å². The Morgan fingerprint density at radius 3 is 2.67 bits per heavy atom. The first kappa shape index (κ1) is 15.1. The van der Waals surface area contributed by atoms with E-state index < -0.39 is 0 Å². The van der Waals surface area contributed by atoms with Gasteiger partial charge in [0.25, 0.3) is 0 Å². The maximum Gasteiger partial charge on any atom is 0.246 e. The average molecular weight is 286 g/mol. The van der Waals surface area contributed by atoms with E-state index in [-0.39, 0.29) is 11.3 Å². The molecule has 0 radical (unpaired) electrons. The lowest BCUT2D eigenvalue weighted by Gasteiger charge is -2.20. The zero-order chi connectivity index (χ0) is 13.5. The van der Waals surface area contributed by atoms with E-state index >= 15 is 0 Å². The molecule has 0 bridgehead atoms. The number of amides is 1. The summed E-state index contributed by atoms with van der Waals surface area (Å²) >= 11 is 11.9. The van der Waals surface area contributed by atoms with E-state index in [2.05, 4.69) is 0 Å². The summed E-state index contributed by atoms with van der Waals surface area (Å²) in [7, 11) is 0. The van der Waals surface area contributed by atoms with E-state index in [0.717, 1.165) is 5.56 Å². The Morgan fingerprint density at radius 1 is 1.44 bits per heavy atom. The van der Waals surface area contributed by atoms with Gasteiger partial charge in [0.1, 0.15) is 0 Å². The molecule has 18 heavy (non-hydrogen) atoms. The molecule has 0 N–H and O–H groups in total. The van der Waals surface area contributed by atoms with Crippen LogP contribution in [0.15, 0.2) is 36.4 Å². The van der Waals surface area contributed by atoms with Crippen molar-refractivity contribution in [3.8, 4) is 0 Å². The molecule has 1 unspecified atom stereocenters. The van der Waals surface area contributed by atoms with E-state index in [9.17, 15) is 4.79 Å². The predicted octanol–water partition coefficient (Wildman–Crippen LogP) is 3.87. The average Bonchev–Trinajstić information content (AvgIpc) is 2.35. The lowest BCUT2D eigenvalue weighted by atomic mass is 10.2. The van der Waals surface area contributed by atoms with Crippen LogP contribution in [0.3, 0.4) is 0 Å². The smallest absolute Gasteiger partial charge is 0.246 e. The van der Waals surface area contributed by atoms with E-state index in [0.29, 0.717) is 18.1 Å². The van der Waals surface area contributed by atoms with E-state index in [4.69, 9.17) is 23.2 Å². The maximum absolute atomic E-state index is 11.9. The lowest BCUT2D eigenvalue weighted by molar-refractivity contribution is -0.126.